The Bertz CT molecular complexity index is 398. The highest BCUT2D eigenvalue weighted by Gasteiger charge is 2.36. The number of para-hydroxylation sites is 1. The van der Waals surface area contributed by atoms with E-state index in [2.05, 4.69) is 11.4 Å². The van der Waals surface area contributed by atoms with Crippen LogP contribution in [0.25, 0.3) is 0 Å². The SMILES string of the molecule is CNC1(C#N)CCCC(Oc2ccccc2)C1. The van der Waals surface area contributed by atoms with Gasteiger partial charge in [0.2, 0.25) is 0 Å². The van der Waals surface area contributed by atoms with Gasteiger partial charge in [-0.2, -0.15) is 5.26 Å². The van der Waals surface area contributed by atoms with Crippen molar-refractivity contribution in [1.82, 2.24) is 5.32 Å². The lowest BCUT2D eigenvalue weighted by Gasteiger charge is -2.35. The maximum Gasteiger partial charge on any atom is 0.119 e. The fraction of sp³-hybridized carbons (Fsp3) is 0.500. The highest BCUT2D eigenvalue weighted by molar-refractivity contribution is 5.22. The average molecular weight is 230 g/mol. The van der Waals surface area contributed by atoms with Gasteiger partial charge in [-0.15, -0.1) is 0 Å². The zero-order valence-electron chi connectivity index (χ0n) is 10.1. The van der Waals surface area contributed by atoms with Crippen molar-refractivity contribution in [2.45, 2.75) is 37.3 Å². The zero-order chi connectivity index (χ0) is 12.1. The molecule has 1 aliphatic rings. The molecule has 0 aromatic heterocycles. The zero-order valence-corrected chi connectivity index (χ0v) is 10.1. The van der Waals surface area contributed by atoms with Crippen molar-refractivity contribution < 1.29 is 4.74 Å². The predicted molar refractivity (Wildman–Crippen MR) is 66.7 cm³/mol. The quantitative estimate of drug-likeness (QED) is 0.867. The molecule has 1 aromatic rings. The first-order chi connectivity index (χ1) is 8.28. The molecule has 17 heavy (non-hydrogen) atoms. The standard InChI is InChI=1S/C14H18N2O/c1-16-14(11-15)9-5-8-13(10-14)17-12-6-3-2-4-7-12/h2-4,6-7,13,16H,5,8-10H2,1H3. The maximum atomic E-state index is 9.26. The first-order valence-corrected chi connectivity index (χ1v) is 6.10. The third-order valence-electron chi connectivity index (χ3n) is 3.44. The van der Waals surface area contributed by atoms with E-state index in [9.17, 15) is 5.26 Å². The Kier molecular flexibility index (Phi) is 3.65. The third-order valence-corrected chi connectivity index (χ3v) is 3.44. The van der Waals surface area contributed by atoms with Crippen molar-refractivity contribution in [2.75, 3.05) is 7.05 Å². The van der Waals surface area contributed by atoms with E-state index in [4.69, 9.17) is 4.74 Å². The van der Waals surface area contributed by atoms with Crippen LogP contribution in [0.1, 0.15) is 25.7 Å². The van der Waals surface area contributed by atoms with Gasteiger partial charge in [-0.3, -0.25) is 0 Å². The Labute approximate surface area is 102 Å². The number of benzene rings is 1. The number of rotatable bonds is 3. The molecule has 90 valence electrons. The minimum absolute atomic E-state index is 0.137. The van der Waals surface area contributed by atoms with Crippen LogP contribution < -0.4 is 10.1 Å². The Morgan fingerprint density at radius 1 is 1.41 bits per heavy atom. The minimum atomic E-state index is -0.405. The molecular weight excluding hydrogens is 212 g/mol. The highest BCUT2D eigenvalue weighted by atomic mass is 16.5. The molecule has 1 saturated carbocycles. The van der Waals surface area contributed by atoms with E-state index in [1.165, 1.54) is 0 Å². The van der Waals surface area contributed by atoms with E-state index in [-0.39, 0.29) is 6.10 Å². The van der Waals surface area contributed by atoms with Gasteiger partial charge in [0.05, 0.1) is 6.07 Å². The second kappa shape index (κ2) is 5.20. The van der Waals surface area contributed by atoms with Crippen molar-refractivity contribution in [3.8, 4) is 11.8 Å². The molecule has 2 unspecified atom stereocenters. The summed E-state index contributed by atoms with van der Waals surface area (Å²) in [4.78, 5) is 0. The van der Waals surface area contributed by atoms with E-state index in [0.717, 1.165) is 31.4 Å². The van der Waals surface area contributed by atoms with Gasteiger partial charge in [0.15, 0.2) is 0 Å². The van der Waals surface area contributed by atoms with Crippen LogP contribution in [0, 0.1) is 11.3 Å². The van der Waals surface area contributed by atoms with Crippen molar-refractivity contribution in [3.05, 3.63) is 30.3 Å². The monoisotopic (exact) mass is 230 g/mol. The fourth-order valence-corrected chi connectivity index (χ4v) is 2.40. The first kappa shape index (κ1) is 11.9. The Hall–Kier alpha value is -1.53. The van der Waals surface area contributed by atoms with Crippen LogP contribution >= 0.6 is 0 Å². The van der Waals surface area contributed by atoms with E-state index in [0.29, 0.717) is 0 Å². The van der Waals surface area contributed by atoms with Gasteiger partial charge in [0, 0.05) is 6.42 Å². The molecule has 1 aliphatic carbocycles. The molecule has 0 saturated heterocycles. The summed E-state index contributed by atoms with van der Waals surface area (Å²) in [6.07, 6.45) is 3.87. The normalized spacial score (nSPS) is 28.4. The summed E-state index contributed by atoms with van der Waals surface area (Å²) in [7, 11) is 1.86. The number of hydrogen-bond donors (Lipinski definition) is 1. The van der Waals surface area contributed by atoms with Crippen molar-refractivity contribution in [3.63, 3.8) is 0 Å². The fourth-order valence-electron chi connectivity index (χ4n) is 2.40. The van der Waals surface area contributed by atoms with Gasteiger partial charge in [0.1, 0.15) is 17.4 Å². The summed E-state index contributed by atoms with van der Waals surface area (Å²) >= 11 is 0. The van der Waals surface area contributed by atoms with Crippen LogP contribution in [0.2, 0.25) is 0 Å². The predicted octanol–water partition coefficient (Wildman–Crippen LogP) is 2.49. The topological polar surface area (TPSA) is 45.0 Å². The van der Waals surface area contributed by atoms with Crippen LogP contribution in [-0.4, -0.2) is 18.7 Å². The highest BCUT2D eigenvalue weighted by Crippen LogP contribution is 2.30. The summed E-state index contributed by atoms with van der Waals surface area (Å²) in [5.41, 5.74) is -0.405. The van der Waals surface area contributed by atoms with Gasteiger partial charge in [0.25, 0.3) is 0 Å². The molecular formula is C14H18N2O. The first-order valence-electron chi connectivity index (χ1n) is 6.10. The summed E-state index contributed by atoms with van der Waals surface area (Å²) < 4.78 is 5.92. The molecule has 0 radical (unpaired) electrons. The summed E-state index contributed by atoms with van der Waals surface area (Å²) in [5, 5.41) is 12.4. The van der Waals surface area contributed by atoms with Crippen molar-refractivity contribution in [1.29, 1.82) is 5.26 Å². The Balaban J connectivity index is 2.01. The molecule has 3 heteroatoms. The number of nitrogens with one attached hydrogen (secondary N) is 1. The molecule has 0 heterocycles. The molecule has 1 N–H and O–H groups in total. The van der Waals surface area contributed by atoms with E-state index >= 15 is 0 Å². The second-order valence-corrected chi connectivity index (χ2v) is 4.59. The van der Waals surface area contributed by atoms with Crippen molar-refractivity contribution in [2.24, 2.45) is 0 Å². The molecule has 2 atom stereocenters. The number of hydrogen-bond acceptors (Lipinski definition) is 3. The number of ether oxygens (including phenoxy) is 1. The summed E-state index contributed by atoms with van der Waals surface area (Å²) in [5.74, 6) is 0.891. The Morgan fingerprint density at radius 3 is 2.82 bits per heavy atom. The molecule has 1 aromatic carbocycles. The number of nitrogens with zero attached hydrogens (tertiary/aromatic N) is 1. The van der Waals surface area contributed by atoms with Crippen LogP contribution in [0.5, 0.6) is 5.75 Å². The molecule has 0 bridgehead atoms. The lowest BCUT2D eigenvalue weighted by molar-refractivity contribution is 0.116. The third kappa shape index (κ3) is 2.78. The molecule has 0 aliphatic heterocycles. The van der Waals surface area contributed by atoms with Crippen LogP contribution in [0.3, 0.4) is 0 Å². The minimum Gasteiger partial charge on any atom is -0.490 e. The lowest BCUT2D eigenvalue weighted by atomic mass is 9.81. The van der Waals surface area contributed by atoms with Gasteiger partial charge in [-0.25, -0.2) is 0 Å². The van der Waals surface area contributed by atoms with E-state index in [1.807, 2.05) is 37.4 Å². The van der Waals surface area contributed by atoms with Crippen LogP contribution in [0.15, 0.2) is 30.3 Å². The lowest BCUT2D eigenvalue weighted by Crippen LogP contribution is -2.48. The van der Waals surface area contributed by atoms with Crippen LogP contribution in [-0.2, 0) is 0 Å². The van der Waals surface area contributed by atoms with E-state index < -0.39 is 5.54 Å². The summed E-state index contributed by atoms with van der Waals surface area (Å²) in [6.45, 7) is 0. The van der Waals surface area contributed by atoms with Gasteiger partial charge in [-0.05, 0) is 38.4 Å². The maximum absolute atomic E-state index is 9.26. The average Bonchev–Trinajstić information content (AvgIpc) is 2.40. The number of nitriles is 1. The molecule has 0 amide bonds. The summed E-state index contributed by atoms with van der Waals surface area (Å²) in [6, 6.07) is 12.2. The van der Waals surface area contributed by atoms with Gasteiger partial charge < -0.3 is 10.1 Å². The molecule has 1 fully saturated rings. The molecule has 2 rings (SSSR count). The largest absolute Gasteiger partial charge is 0.490 e. The van der Waals surface area contributed by atoms with Gasteiger partial charge >= 0.3 is 0 Å². The van der Waals surface area contributed by atoms with E-state index in [1.54, 1.807) is 0 Å². The second-order valence-electron chi connectivity index (χ2n) is 4.59. The smallest absolute Gasteiger partial charge is 0.119 e. The molecule has 3 nitrogen and oxygen atoms in total. The molecule has 0 spiro atoms. The van der Waals surface area contributed by atoms with Crippen LogP contribution in [0.4, 0.5) is 0 Å². The van der Waals surface area contributed by atoms with Gasteiger partial charge in [-0.1, -0.05) is 18.2 Å². The van der Waals surface area contributed by atoms with Crippen molar-refractivity contribution >= 4 is 0 Å². The Morgan fingerprint density at radius 2 is 2.18 bits per heavy atom.